The van der Waals surface area contributed by atoms with E-state index >= 15 is 0 Å². The minimum absolute atomic E-state index is 0.0418. The van der Waals surface area contributed by atoms with Crippen LogP contribution >= 0.6 is 0 Å². The van der Waals surface area contributed by atoms with Gasteiger partial charge in [0.2, 0.25) is 0 Å². The van der Waals surface area contributed by atoms with Crippen molar-refractivity contribution in [1.82, 2.24) is 20.2 Å². The molecule has 2 amide bonds. The number of hydrogen-bond acceptors (Lipinski definition) is 3. The average Bonchev–Trinajstić information content (AvgIpc) is 2.98. The van der Waals surface area contributed by atoms with Crippen LogP contribution in [0.2, 0.25) is 0 Å². The van der Waals surface area contributed by atoms with Crippen LogP contribution in [0.4, 0.5) is 4.79 Å². The molecule has 1 aromatic rings. The van der Waals surface area contributed by atoms with Crippen molar-refractivity contribution in [2.24, 2.45) is 18.9 Å². The number of aliphatic hydroxyl groups is 1. The van der Waals surface area contributed by atoms with Crippen molar-refractivity contribution in [3.63, 3.8) is 0 Å². The number of imidazole rings is 1. The first-order valence-electron chi connectivity index (χ1n) is 9.04. The Labute approximate surface area is 145 Å². The molecule has 0 aromatic carbocycles. The summed E-state index contributed by atoms with van der Waals surface area (Å²) in [6.07, 6.45) is 9.33. The molecule has 3 N–H and O–H groups in total. The highest BCUT2D eigenvalue weighted by Crippen LogP contribution is 2.32. The second kappa shape index (κ2) is 8.01. The maximum atomic E-state index is 12.6. The van der Waals surface area contributed by atoms with Gasteiger partial charge in [-0.15, -0.1) is 0 Å². The summed E-state index contributed by atoms with van der Waals surface area (Å²) >= 11 is 0. The first-order chi connectivity index (χ1) is 11.4. The third kappa shape index (κ3) is 4.29. The number of hydrogen-bond donors (Lipinski definition) is 3. The highest BCUT2D eigenvalue weighted by atomic mass is 16.3. The molecule has 1 aliphatic carbocycles. The van der Waals surface area contributed by atoms with E-state index in [2.05, 4.69) is 29.5 Å². The van der Waals surface area contributed by atoms with Crippen molar-refractivity contribution < 1.29 is 9.90 Å². The van der Waals surface area contributed by atoms with E-state index in [-0.39, 0.29) is 24.6 Å². The molecule has 1 aromatic heterocycles. The number of rotatable bonds is 6. The molecule has 136 valence electrons. The summed E-state index contributed by atoms with van der Waals surface area (Å²) in [5.74, 6) is 1.38. The van der Waals surface area contributed by atoms with E-state index in [1.54, 1.807) is 6.20 Å². The molecule has 6 heteroatoms. The Bertz CT molecular complexity index is 537. The molecule has 0 saturated heterocycles. The molecule has 0 spiro atoms. The van der Waals surface area contributed by atoms with Crippen molar-refractivity contribution in [2.45, 2.75) is 64.5 Å². The Morgan fingerprint density at radius 2 is 2.08 bits per heavy atom. The van der Waals surface area contributed by atoms with Gasteiger partial charge in [0.25, 0.3) is 0 Å². The predicted octanol–water partition coefficient (Wildman–Crippen LogP) is 2.75. The second-order valence-electron chi connectivity index (χ2n) is 7.63. The summed E-state index contributed by atoms with van der Waals surface area (Å²) in [7, 11) is 1.93. The molecule has 1 aliphatic rings. The normalized spacial score (nSPS) is 19.8. The van der Waals surface area contributed by atoms with Crippen LogP contribution in [0.25, 0.3) is 0 Å². The molecular formula is C18H32N4O2. The summed E-state index contributed by atoms with van der Waals surface area (Å²) in [5.41, 5.74) is -0.576. The van der Waals surface area contributed by atoms with Crippen molar-refractivity contribution in [3.8, 4) is 0 Å². The van der Waals surface area contributed by atoms with Gasteiger partial charge in [0.15, 0.2) is 0 Å². The fraction of sp³-hybridized carbons (Fsp3) is 0.778. The lowest BCUT2D eigenvalue weighted by molar-refractivity contribution is 0.1000. The van der Waals surface area contributed by atoms with E-state index in [0.29, 0.717) is 5.92 Å². The number of aryl methyl sites for hydroxylation is 1. The van der Waals surface area contributed by atoms with Gasteiger partial charge in [-0.1, -0.05) is 33.1 Å². The standard InChI is InChI=1S/C18H32N4O2/c1-13(2)15(16-19-10-11-22(16)4)20-17(24)21-18(3,12-23)14-8-6-5-7-9-14/h10-11,13-15,23H,5-9,12H2,1-4H3,(H2,20,21,24)/t15-,18-/m1/s1. The molecule has 2 rings (SSSR count). The summed E-state index contributed by atoms with van der Waals surface area (Å²) in [6.45, 7) is 6.03. The van der Waals surface area contributed by atoms with E-state index in [1.165, 1.54) is 19.3 Å². The maximum Gasteiger partial charge on any atom is 0.315 e. The van der Waals surface area contributed by atoms with Crippen molar-refractivity contribution in [2.75, 3.05) is 6.61 Å². The molecule has 6 nitrogen and oxygen atoms in total. The van der Waals surface area contributed by atoms with Crippen LogP contribution in [0.5, 0.6) is 0 Å². The van der Waals surface area contributed by atoms with E-state index in [1.807, 2.05) is 24.7 Å². The molecule has 0 unspecified atom stereocenters. The highest BCUT2D eigenvalue weighted by Gasteiger charge is 2.36. The highest BCUT2D eigenvalue weighted by molar-refractivity contribution is 5.75. The van der Waals surface area contributed by atoms with E-state index in [0.717, 1.165) is 18.7 Å². The Hall–Kier alpha value is -1.56. The quantitative estimate of drug-likeness (QED) is 0.747. The molecule has 0 radical (unpaired) electrons. The minimum Gasteiger partial charge on any atom is -0.394 e. The van der Waals surface area contributed by atoms with Crippen molar-refractivity contribution >= 4 is 6.03 Å². The first-order valence-corrected chi connectivity index (χ1v) is 9.04. The predicted molar refractivity (Wildman–Crippen MR) is 94.5 cm³/mol. The number of urea groups is 1. The van der Waals surface area contributed by atoms with Gasteiger partial charge in [0.05, 0.1) is 18.2 Å². The lowest BCUT2D eigenvalue weighted by Gasteiger charge is -2.39. The van der Waals surface area contributed by atoms with E-state index < -0.39 is 5.54 Å². The zero-order chi connectivity index (χ0) is 17.7. The van der Waals surface area contributed by atoms with Gasteiger partial charge in [0.1, 0.15) is 5.82 Å². The average molecular weight is 336 g/mol. The Morgan fingerprint density at radius 3 is 2.58 bits per heavy atom. The van der Waals surface area contributed by atoms with E-state index in [9.17, 15) is 9.90 Å². The summed E-state index contributed by atoms with van der Waals surface area (Å²) in [4.78, 5) is 17.0. The molecular weight excluding hydrogens is 304 g/mol. The largest absolute Gasteiger partial charge is 0.394 e. The molecule has 24 heavy (non-hydrogen) atoms. The number of carbonyl (C=O) groups excluding carboxylic acids is 1. The second-order valence-corrected chi connectivity index (χ2v) is 7.63. The van der Waals surface area contributed by atoms with Crippen molar-refractivity contribution in [3.05, 3.63) is 18.2 Å². The Morgan fingerprint density at radius 1 is 1.42 bits per heavy atom. The van der Waals surface area contributed by atoms with Gasteiger partial charge in [0, 0.05) is 19.4 Å². The molecule has 1 fully saturated rings. The maximum absolute atomic E-state index is 12.6. The van der Waals surface area contributed by atoms with Crippen LogP contribution < -0.4 is 10.6 Å². The zero-order valence-corrected chi connectivity index (χ0v) is 15.4. The number of amides is 2. The van der Waals surface area contributed by atoms with Crippen LogP contribution in [0.15, 0.2) is 12.4 Å². The monoisotopic (exact) mass is 336 g/mol. The number of aliphatic hydroxyl groups excluding tert-OH is 1. The fourth-order valence-electron chi connectivity index (χ4n) is 3.65. The van der Waals surface area contributed by atoms with Gasteiger partial charge in [-0.05, 0) is 31.6 Å². The zero-order valence-electron chi connectivity index (χ0n) is 15.4. The van der Waals surface area contributed by atoms with Gasteiger partial charge < -0.3 is 20.3 Å². The molecule has 2 atom stereocenters. The smallest absolute Gasteiger partial charge is 0.315 e. The number of nitrogens with zero attached hydrogens (tertiary/aromatic N) is 2. The molecule has 1 heterocycles. The number of carbonyl (C=O) groups is 1. The van der Waals surface area contributed by atoms with Gasteiger partial charge in [-0.2, -0.15) is 0 Å². The number of nitrogens with one attached hydrogen (secondary N) is 2. The lowest BCUT2D eigenvalue weighted by Crippen LogP contribution is -2.58. The van der Waals surface area contributed by atoms with Crippen molar-refractivity contribution in [1.29, 1.82) is 0 Å². The van der Waals surface area contributed by atoms with Crippen LogP contribution in [-0.4, -0.2) is 32.8 Å². The summed E-state index contributed by atoms with van der Waals surface area (Å²) in [6, 6.07) is -0.405. The van der Waals surface area contributed by atoms with Gasteiger partial charge >= 0.3 is 6.03 Å². The SMILES string of the molecule is CC(C)[C@@H](NC(=O)N[C@](C)(CO)C1CCCCC1)c1nccn1C. The molecule has 0 aliphatic heterocycles. The van der Waals surface area contributed by atoms with Crippen LogP contribution in [-0.2, 0) is 7.05 Å². The molecule has 1 saturated carbocycles. The lowest BCUT2D eigenvalue weighted by atomic mass is 9.76. The summed E-state index contributed by atoms with van der Waals surface area (Å²) in [5, 5.41) is 16.0. The van der Waals surface area contributed by atoms with Crippen LogP contribution in [0, 0.1) is 11.8 Å². The van der Waals surface area contributed by atoms with Crippen LogP contribution in [0.3, 0.4) is 0 Å². The van der Waals surface area contributed by atoms with E-state index in [4.69, 9.17) is 0 Å². The van der Waals surface area contributed by atoms with Gasteiger partial charge in [-0.3, -0.25) is 0 Å². The Kier molecular flexibility index (Phi) is 6.27. The first kappa shape index (κ1) is 18.8. The third-order valence-electron chi connectivity index (χ3n) is 5.32. The Balaban J connectivity index is 2.05. The molecule has 0 bridgehead atoms. The topological polar surface area (TPSA) is 79.2 Å². The fourth-order valence-corrected chi connectivity index (χ4v) is 3.65. The third-order valence-corrected chi connectivity index (χ3v) is 5.32. The minimum atomic E-state index is -0.576. The summed E-state index contributed by atoms with van der Waals surface area (Å²) < 4.78 is 1.93. The van der Waals surface area contributed by atoms with Gasteiger partial charge in [-0.25, -0.2) is 9.78 Å². The number of aromatic nitrogens is 2. The van der Waals surface area contributed by atoms with Crippen LogP contribution in [0.1, 0.15) is 64.7 Å².